The third-order valence-corrected chi connectivity index (χ3v) is 3.64. The highest BCUT2D eigenvalue weighted by molar-refractivity contribution is 9.10. The molecule has 0 amide bonds. The molecular weight excluding hydrogens is 332 g/mol. The molecule has 1 aromatic carbocycles. The first-order valence-electron chi connectivity index (χ1n) is 6.68. The van der Waals surface area contributed by atoms with Crippen molar-refractivity contribution < 1.29 is 5.11 Å². The standard InChI is InChI=1S/C15H15BrN4O/c16-12-6-7-14-18-15(19-20(14)9-12)17-13(10-21)8-11-4-2-1-3-5-11/h1-7,9,13,21H,8,10H2,(H,17,19). The number of aliphatic hydroxyl groups excluding tert-OH is 1. The van der Waals surface area contributed by atoms with E-state index in [1.807, 2.05) is 48.7 Å². The molecule has 108 valence electrons. The van der Waals surface area contributed by atoms with Gasteiger partial charge in [-0.25, -0.2) is 4.52 Å². The Hall–Kier alpha value is -1.92. The van der Waals surface area contributed by atoms with Gasteiger partial charge in [0.2, 0.25) is 5.95 Å². The van der Waals surface area contributed by atoms with Crippen LogP contribution in [-0.2, 0) is 6.42 Å². The van der Waals surface area contributed by atoms with Gasteiger partial charge in [-0.3, -0.25) is 0 Å². The molecule has 2 aromatic heterocycles. The number of nitrogens with one attached hydrogen (secondary N) is 1. The summed E-state index contributed by atoms with van der Waals surface area (Å²) in [4.78, 5) is 4.39. The second kappa shape index (κ2) is 6.24. The Bertz CT molecular complexity index is 729. The van der Waals surface area contributed by atoms with Crippen LogP contribution in [0.5, 0.6) is 0 Å². The van der Waals surface area contributed by atoms with Crippen molar-refractivity contribution in [3.05, 3.63) is 58.7 Å². The number of benzene rings is 1. The zero-order valence-corrected chi connectivity index (χ0v) is 12.9. The summed E-state index contributed by atoms with van der Waals surface area (Å²) in [5.41, 5.74) is 1.92. The Morgan fingerprint density at radius 2 is 2.00 bits per heavy atom. The summed E-state index contributed by atoms with van der Waals surface area (Å²) in [5, 5.41) is 17.1. The lowest BCUT2D eigenvalue weighted by Crippen LogP contribution is -2.27. The number of halogens is 1. The van der Waals surface area contributed by atoms with Gasteiger partial charge in [-0.15, -0.1) is 5.10 Å². The smallest absolute Gasteiger partial charge is 0.243 e. The number of rotatable bonds is 5. The van der Waals surface area contributed by atoms with E-state index in [9.17, 15) is 5.11 Å². The lowest BCUT2D eigenvalue weighted by atomic mass is 10.1. The number of pyridine rings is 1. The van der Waals surface area contributed by atoms with Crippen molar-refractivity contribution in [2.75, 3.05) is 11.9 Å². The van der Waals surface area contributed by atoms with Crippen molar-refractivity contribution in [3.63, 3.8) is 0 Å². The van der Waals surface area contributed by atoms with Crippen molar-refractivity contribution in [1.82, 2.24) is 14.6 Å². The summed E-state index contributed by atoms with van der Waals surface area (Å²) in [5.74, 6) is 0.517. The van der Waals surface area contributed by atoms with E-state index in [2.05, 4.69) is 31.3 Å². The van der Waals surface area contributed by atoms with Crippen LogP contribution in [0.1, 0.15) is 5.56 Å². The molecule has 3 aromatic rings. The maximum atomic E-state index is 9.54. The second-order valence-electron chi connectivity index (χ2n) is 4.80. The van der Waals surface area contributed by atoms with E-state index in [0.717, 1.165) is 22.1 Å². The van der Waals surface area contributed by atoms with Crippen LogP contribution in [0.4, 0.5) is 5.95 Å². The van der Waals surface area contributed by atoms with Gasteiger partial charge in [0, 0.05) is 10.7 Å². The number of nitrogens with zero attached hydrogens (tertiary/aromatic N) is 3. The maximum absolute atomic E-state index is 9.54. The van der Waals surface area contributed by atoms with Gasteiger partial charge in [0.1, 0.15) is 0 Å². The second-order valence-corrected chi connectivity index (χ2v) is 5.71. The Morgan fingerprint density at radius 1 is 1.19 bits per heavy atom. The van der Waals surface area contributed by atoms with E-state index < -0.39 is 0 Å². The van der Waals surface area contributed by atoms with Gasteiger partial charge in [0.25, 0.3) is 0 Å². The Labute approximate surface area is 130 Å². The van der Waals surface area contributed by atoms with E-state index in [1.54, 1.807) is 4.52 Å². The number of aromatic nitrogens is 3. The zero-order chi connectivity index (χ0) is 14.7. The van der Waals surface area contributed by atoms with Gasteiger partial charge >= 0.3 is 0 Å². The molecule has 1 atom stereocenters. The molecule has 0 saturated heterocycles. The van der Waals surface area contributed by atoms with Crippen LogP contribution in [-0.4, -0.2) is 32.4 Å². The third kappa shape index (κ3) is 3.40. The topological polar surface area (TPSA) is 62.5 Å². The molecule has 0 spiro atoms. The summed E-state index contributed by atoms with van der Waals surface area (Å²) in [6.45, 7) is 0.0220. The number of fused-ring (bicyclic) bond motifs is 1. The predicted molar refractivity (Wildman–Crippen MR) is 85.3 cm³/mol. The van der Waals surface area contributed by atoms with Gasteiger partial charge in [-0.1, -0.05) is 30.3 Å². The van der Waals surface area contributed by atoms with Crippen LogP contribution in [0.2, 0.25) is 0 Å². The van der Waals surface area contributed by atoms with Crippen molar-refractivity contribution in [2.45, 2.75) is 12.5 Å². The summed E-state index contributed by atoms with van der Waals surface area (Å²) < 4.78 is 2.64. The van der Waals surface area contributed by atoms with Crippen molar-refractivity contribution in [2.24, 2.45) is 0 Å². The van der Waals surface area contributed by atoms with Crippen molar-refractivity contribution in [1.29, 1.82) is 0 Å². The van der Waals surface area contributed by atoms with Crippen molar-refractivity contribution >= 4 is 27.5 Å². The lowest BCUT2D eigenvalue weighted by Gasteiger charge is -2.14. The SMILES string of the molecule is OCC(Cc1ccccc1)Nc1nc2ccc(Br)cn2n1. The largest absolute Gasteiger partial charge is 0.394 e. The van der Waals surface area contributed by atoms with E-state index in [-0.39, 0.29) is 12.6 Å². The first kappa shape index (κ1) is 14.0. The molecule has 0 aliphatic carbocycles. The molecule has 0 radical (unpaired) electrons. The van der Waals surface area contributed by atoms with Crippen molar-refractivity contribution in [3.8, 4) is 0 Å². The Kier molecular flexibility index (Phi) is 4.17. The molecule has 21 heavy (non-hydrogen) atoms. The minimum atomic E-state index is -0.117. The molecule has 1 unspecified atom stereocenters. The van der Waals surface area contributed by atoms with Gasteiger partial charge < -0.3 is 10.4 Å². The van der Waals surface area contributed by atoms with Crippen LogP contribution in [0.15, 0.2) is 53.1 Å². The molecular formula is C15H15BrN4O. The first-order chi connectivity index (χ1) is 10.2. The minimum absolute atomic E-state index is 0.0220. The van der Waals surface area contributed by atoms with E-state index in [1.165, 1.54) is 0 Å². The van der Waals surface area contributed by atoms with Crippen LogP contribution >= 0.6 is 15.9 Å². The normalized spacial score (nSPS) is 12.5. The van der Waals surface area contributed by atoms with Crippen LogP contribution in [0, 0.1) is 0 Å². The summed E-state index contributed by atoms with van der Waals surface area (Å²) >= 11 is 3.40. The molecule has 6 heteroatoms. The quantitative estimate of drug-likeness (QED) is 0.745. The third-order valence-electron chi connectivity index (χ3n) is 3.17. The number of anilines is 1. The fourth-order valence-corrected chi connectivity index (χ4v) is 2.49. The molecule has 0 saturated carbocycles. The summed E-state index contributed by atoms with van der Waals surface area (Å²) in [6.07, 6.45) is 2.56. The molecule has 2 N–H and O–H groups in total. The number of aliphatic hydroxyl groups is 1. The fraction of sp³-hybridized carbons (Fsp3) is 0.200. The maximum Gasteiger partial charge on any atom is 0.243 e. The summed E-state index contributed by atoms with van der Waals surface area (Å²) in [7, 11) is 0. The average Bonchev–Trinajstić information content (AvgIpc) is 2.89. The highest BCUT2D eigenvalue weighted by Gasteiger charge is 2.11. The van der Waals surface area contributed by atoms with E-state index in [4.69, 9.17) is 0 Å². The average molecular weight is 347 g/mol. The van der Waals surface area contributed by atoms with Crippen LogP contribution in [0.3, 0.4) is 0 Å². The Morgan fingerprint density at radius 3 is 2.76 bits per heavy atom. The number of hydrogen-bond acceptors (Lipinski definition) is 4. The van der Waals surface area contributed by atoms with E-state index >= 15 is 0 Å². The highest BCUT2D eigenvalue weighted by atomic mass is 79.9. The zero-order valence-electron chi connectivity index (χ0n) is 11.3. The highest BCUT2D eigenvalue weighted by Crippen LogP contribution is 2.13. The van der Waals surface area contributed by atoms with Gasteiger partial charge in [0.15, 0.2) is 5.65 Å². The van der Waals surface area contributed by atoms with Gasteiger partial charge in [-0.2, -0.15) is 4.98 Å². The minimum Gasteiger partial charge on any atom is -0.394 e. The molecule has 2 heterocycles. The fourth-order valence-electron chi connectivity index (χ4n) is 2.16. The molecule has 0 fully saturated rings. The molecule has 0 aliphatic rings. The molecule has 3 rings (SSSR count). The monoisotopic (exact) mass is 346 g/mol. The number of hydrogen-bond donors (Lipinski definition) is 2. The van der Waals surface area contributed by atoms with E-state index in [0.29, 0.717) is 5.95 Å². The lowest BCUT2D eigenvalue weighted by molar-refractivity contribution is 0.273. The van der Waals surface area contributed by atoms with Gasteiger partial charge in [-0.05, 0) is 40.0 Å². The molecule has 0 bridgehead atoms. The predicted octanol–water partition coefficient (Wildman–Crippen LogP) is 2.51. The van der Waals surface area contributed by atoms with Crippen LogP contribution in [0.25, 0.3) is 5.65 Å². The van der Waals surface area contributed by atoms with Crippen LogP contribution < -0.4 is 5.32 Å². The van der Waals surface area contributed by atoms with Gasteiger partial charge in [0.05, 0.1) is 12.6 Å². The first-order valence-corrected chi connectivity index (χ1v) is 7.47. The molecule has 5 nitrogen and oxygen atoms in total. The summed E-state index contributed by atoms with van der Waals surface area (Å²) in [6, 6.07) is 13.7. The Balaban J connectivity index is 1.76. The molecule has 0 aliphatic heterocycles.